The predicted molar refractivity (Wildman–Crippen MR) is 87.7 cm³/mol. The molecule has 1 unspecified atom stereocenters. The Bertz CT molecular complexity index is 725. The summed E-state index contributed by atoms with van der Waals surface area (Å²) in [6.45, 7) is 3.20. The van der Waals surface area contributed by atoms with E-state index in [1.807, 2.05) is 43.3 Å². The van der Waals surface area contributed by atoms with Crippen LogP contribution in [0.2, 0.25) is 0 Å². The minimum atomic E-state index is -3.39. The molecule has 1 atom stereocenters. The molecular weight excluding hydrogens is 318 g/mol. The van der Waals surface area contributed by atoms with Crippen molar-refractivity contribution in [1.29, 1.82) is 0 Å². The summed E-state index contributed by atoms with van der Waals surface area (Å²) in [5.74, 6) is 0. The number of benzene rings is 1. The van der Waals surface area contributed by atoms with Crippen molar-refractivity contribution in [2.75, 3.05) is 19.7 Å². The molecule has 1 aromatic carbocycles. The zero-order valence-corrected chi connectivity index (χ0v) is 14.1. The fraction of sp³-hybridized carbons (Fsp3) is 0.375. The van der Waals surface area contributed by atoms with Crippen molar-refractivity contribution >= 4 is 21.4 Å². The van der Waals surface area contributed by atoms with Crippen molar-refractivity contribution in [2.45, 2.75) is 23.7 Å². The average Bonchev–Trinajstić information content (AvgIpc) is 2.96. The summed E-state index contributed by atoms with van der Waals surface area (Å²) in [5.41, 5.74) is 1.17. The highest BCUT2D eigenvalue weighted by molar-refractivity contribution is 7.91. The maximum atomic E-state index is 12.7. The van der Waals surface area contributed by atoms with E-state index >= 15 is 0 Å². The highest BCUT2D eigenvalue weighted by atomic mass is 32.2. The van der Waals surface area contributed by atoms with Gasteiger partial charge in [0.1, 0.15) is 4.21 Å². The van der Waals surface area contributed by atoms with Gasteiger partial charge in [0.15, 0.2) is 0 Å². The van der Waals surface area contributed by atoms with Crippen molar-refractivity contribution in [3.8, 4) is 0 Å². The molecule has 1 aliphatic heterocycles. The summed E-state index contributed by atoms with van der Waals surface area (Å²) >= 11 is 1.32. The molecule has 6 heteroatoms. The van der Waals surface area contributed by atoms with Crippen LogP contribution in [0.3, 0.4) is 0 Å². The molecule has 0 N–H and O–H groups in total. The van der Waals surface area contributed by atoms with E-state index in [4.69, 9.17) is 4.74 Å². The van der Waals surface area contributed by atoms with Crippen molar-refractivity contribution in [3.63, 3.8) is 0 Å². The Balaban J connectivity index is 1.73. The van der Waals surface area contributed by atoms with Crippen LogP contribution in [0, 0.1) is 6.92 Å². The number of thiophene rings is 1. The Hall–Kier alpha value is -1.21. The second-order valence-electron chi connectivity index (χ2n) is 5.41. The zero-order chi connectivity index (χ0) is 15.6. The van der Waals surface area contributed by atoms with Gasteiger partial charge in [-0.3, -0.25) is 0 Å². The van der Waals surface area contributed by atoms with Gasteiger partial charge in [-0.15, -0.1) is 11.3 Å². The third-order valence-electron chi connectivity index (χ3n) is 3.72. The third-order valence-corrected chi connectivity index (χ3v) is 7.05. The van der Waals surface area contributed by atoms with Crippen molar-refractivity contribution in [3.05, 3.63) is 52.9 Å². The smallest absolute Gasteiger partial charge is 0.252 e. The van der Waals surface area contributed by atoms with E-state index in [0.717, 1.165) is 11.3 Å². The first kappa shape index (κ1) is 15.7. The monoisotopic (exact) mass is 337 g/mol. The van der Waals surface area contributed by atoms with Gasteiger partial charge in [0.25, 0.3) is 10.0 Å². The van der Waals surface area contributed by atoms with Gasteiger partial charge in [-0.25, -0.2) is 8.42 Å². The molecule has 0 saturated carbocycles. The number of morpholine rings is 1. The molecule has 1 saturated heterocycles. The summed E-state index contributed by atoms with van der Waals surface area (Å²) < 4.78 is 33.1. The number of rotatable bonds is 4. The van der Waals surface area contributed by atoms with Gasteiger partial charge in [-0.1, -0.05) is 30.3 Å². The molecule has 1 fully saturated rings. The Morgan fingerprint density at radius 3 is 2.68 bits per heavy atom. The largest absolute Gasteiger partial charge is 0.375 e. The number of aryl methyl sites for hydroxylation is 1. The molecule has 22 heavy (non-hydrogen) atoms. The number of hydrogen-bond acceptors (Lipinski definition) is 4. The maximum absolute atomic E-state index is 12.7. The first-order valence-corrected chi connectivity index (χ1v) is 9.53. The first-order valence-electron chi connectivity index (χ1n) is 7.28. The number of ether oxygens (including phenoxy) is 1. The average molecular weight is 337 g/mol. The highest BCUT2D eigenvalue weighted by Crippen LogP contribution is 2.26. The number of sulfonamides is 1. The molecule has 4 nitrogen and oxygen atoms in total. The van der Waals surface area contributed by atoms with Crippen LogP contribution in [0.5, 0.6) is 0 Å². The summed E-state index contributed by atoms with van der Waals surface area (Å²) in [7, 11) is -3.39. The Labute approximate surface area is 135 Å². The van der Waals surface area contributed by atoms with E-state index in [-0.39, 0.29) is 6.10 Å². The van der Waals surface area contributed by atoms with Gasteiger partial charge in [0.2, 0.25) is 0 Å². The lowest BCUT2D eigenvalue weighted by Gasteiger charge is -2.31. The lowest BCUT2D eigenvalue weighted by Crippen LogP contribution is -2.46. The Morgan fingerprint density at radius 2 is 2.00 bits per heavy atom. The molecule has 0 aliphatic carbocycles. The second-order valence-corrected chi connectivity index (χ2v) is 8.86. The van der Waals surface area contributed by atoms with E-state index in [9.17, 15) is 8.42 Å². The molecule has 118 valence electrons. The maximum Gasteiger partial charge on any atom is 0.252 e. The lowest BCUT2D eigenvalue weighted by molar-refractivity contribution is -0.000439. The van der Waals surface area contributed by atoms with Gasteiger partial charge in [0, 0.05) is 18.0 Å². The van der Waals surface area contributed by atoms with Crippen LogP contribution in [0.4, 0.5) is 0 Å². The van der Waals surface area contributed by atoms with Crippen LogP contribution >= 0.6 is 11.3 Å². The quantitative estimate of drug-likeness (QED) is 0.862. The molecule has 3 rings (SSSR count). The van der Waals surface area contributed by atoms with Crippen LogP contribution in [0.15, 0.2) is 46.7 Å². The Kier molecular flexibility index (Phi) is 4.63. The van der Waals surface area contributed by atoms with Gasteiger partial charge in [0.05, 0.1) is 12.7 Å². The van der Waals surface area contributed by atoms with Crippen LogP contribution < -0.4 is 0 Å². The molecule has 0 radical (unpaired) electrons. The summed E-state index contributed by atoms with van der Waals surface area (Å²) in [5, 5.41) is 0. The van der Waals surface area contributed by atoms with Crippen molar-refractivity contribution in [1.82, 2.24) is 4.31 Å². The topological polar surface area (TPSA) is 46.6 Å². The molecule has 2 heterocycles. The number of nitrogens with zero attached hydrogens (tertiary/aromatic N) is 1. The summed E-state index contributed by atoms with van der Waals surface area (Å²) in [4.78, 5) is 1.01. The van der Waals surface area contributed by atoms with E-state index < -0.39 is 10.0 Å². The fourth-order valence-electron chi connectivity index (χ4n) is 2.59. The van der Waals surface area contributed by atoms with Crippen LogP contribution in [0.1, 0.15) is 10.4 Å². The van der Waals surface area contributed by atoms with Crippen LogP contribution in [0.25, 0.3) is 0 Å². The standard InChI is InChI=1S/C16H19NO3S2/c1-13-7-8-16(21-13)22(18,19)17-9-10-20-15(12-17)11-14-5-3-2-4-6-14/h2-8,15H,9-12H2,1H3. The van der Waals surface area contributed by atoms with Crippen molar-refractivity contribution in [2.24, 2.45) is 0 Å². The van der Waals surface area contributed by atoms with E-state index in [0.29, 0.717) is 23.9 Å². The molecule has 1 aliphatic rings. The van der Waals surface area contributed by atoms with E-state index in [2.05, 4.69) is 0 Å². The predicted octanol–water partition coefficient (Wildman–Crippen LogP) is 2.69. The summed E-state index contributed by atoms with van der Waals surface area (Å²) in [6.07, 6.45) is 0.642. The van der Waals surface area contributed by atoms with Crippen LogP contribution in [-0.2, 0) is 21.2 Å². The zero-order valence-electron chi connectivity index (χ0n) is 12.4. The molecule has 0 amide bonds. The lowest BCUT2D eigenvalue weighted by atomic mass is 10.1. The van der Waals surface area contributed by atoms with Gasteiger partial charge in [-0.2, -0.15) is 4.31 Å². The van der Waals surface area contributed by atoms with E-state index in [1.54, 1.807) is 10.4 Å². The fourth-order valence-corrected chi connectivity index (χ4v) is 5.48. The third kappa shape index (κ3) is 3.41. The van der Waals surface area contributed by atoms with Gasteiger partial charge in [-0.05, 0) is 31.0 Å². The van der Waals surface area contributed by atoms with Gasteiger partial charge >= 0.3 is 0 Å². The minimum absolute atomic E-state index is 0.0908. The van der Waals surface area contributed by atoms with Crippen molar-refractivity contribution < 1.29 is 13.2 Å². The van der Waals surface area contributed by atoms with Gasteiger partial charge < -0.3 is 4.74 Å². The van der Waals surface area contributed by atoms with Crippen LogP contribution in [-0.4, -0.2) is 38.5 Å². The SMILES string of the molecule is Cc1ccc(S(=O)(=O)N2CCOC(Cc3ccccc3)C2)s1. The molecule has 0 bridgehead atoms. The highest BCUT2D eigenvalue weighted by Gasteiger charge is 2.31. The normalized spacial score (nSPS) is 20.1. The molecule has 0 spiro atoms. The molecular formula is C16H19NO3S2. The van der Waals surface area contributed by atoms with E-state index in [1.165, 1.54) is 16.9 Å². The molecule has 1 aromatic heterocycles. The second kappa shape index (κ2) is 6.50. The summed E-state index contributed by atoms with van der Waals surface area (Å²) in [6, 6.07) is 13.6. The minimum Gasteiger partial charge on any atom is -0.375 e. The molecule has 2 aromatic rings. The Morgan fingerprint density at radius 1 is 1.23 bits per heavy atom. The first-order chi connectivity index (χ1) is 10.6. The number of hydrogen-bond donors (Lipinski definition) is 0.